The zero-order chi connectivity index (χ0) is 14.7. The van der Waals surface area contributed by atoms with Crippen molar-refractivity contribution in [3.63, 3.8) is 0 Å². The van der Waals surface area contributed by atoms with E-state index in [1.54, 1.807) is 0 Å². The summed E-state index contributed by atoms with van der Waals surface area (Å²) in [5.41, 5.74) is 2.15. The van der Waals surface area contributed by atoms with Crippen LogP contribution in [0.15, 0.2) is 4.47 Å². The first-order chi connectivity index (χ1) is 9.62. The Morgan fingerprint density at radius 2 is 2.10 bits per heavy atom. The number of aliphatic hydroxyl groups excluding tert-OH is 1. The maximum atomic E-state index is 10.5. The van der Waals surface area contributed by atoms with Gasteiger partial charge in [0.15, 0.2) is 0 Å². The quantitative estimate of drug-likeness (QED) is 0.788. The third-order valence-electron chi connectivity index (χ3n) is 3.92. The van der Waals surface area contributed by atoms with E-state index in [4.69, 9.17) is 4.74 Å². The van der Waals surface area contributed by atoms with Crippen LogP contribution in [0.1, 0.15) is 45.0 Å². The number of ether oxygens (including phenoxy) is 1. The lowest BCUT2D eigenvalue weighted by Gasteiger charge is -2.23. The molecule has 4 nitrogen and oxygen atoms in total. The van der Waals surface area contributed by atoms with Crippen LogP contribution >= 0.6 is 15.9 Å². The number of aromatic nitrogens is 2. The number of halogens is 1. The molecule has 0 amide bonds. The second-order valence-corrected chi connectivity index (χ2v) is 6.20. The monoisotopic (exact) mass is 344 g/mol. The lowest BCUT2D eigenvalue weighted by molar-refractivity contribution is -0.0446. The van der Waals surface area contributed by atoms with E-state index in [0.29, 0.717) is 18.9 Å². The van der Waals surface area contributed by atoms with E-state index in [1.165, 1.54) is 12.8 Å². The lowest BCUT2D eigenvalue weighted by atomic mass is 10.0. The molecular weight excluding hydrogens is 320 g/mol. The molecule has 0 bridgehead atoms. The van der Waals surface area contributed by atoms with Gasteiger partial charge in [-0.15, -0.1) is 0 Å². The van der Waals surface area contributed by atoms with Gasteiger partial charge in [-0.25, -0.2) is 0 Å². The van der Waals surface area contributed by atoms with E-state index in [-0.39, 0.29) is 6.10 Å². The van der Waals surface area contributed by atoms with Crippen LogP contribution < -0.4 is 0 Å². The van der Waals surface area contributed by atoms with Crippen LogP contribution in [-0.2, 0) is 24.1 Å². The van der Waals surface area contributed by atoms with Gasteiger partial charge in [0, 0.05) is 19.6 Å². The molecule has 1 aromatic heterocycles. The van der Waals surface area contributed by atoms with Gasteiger partial charge in [0.05, 0.1) is 28.1 Å². The number of hydrogen-bond donors (Lipinski definition) is 1. The zero-order valence-electron chi connectivity index (χ0n) is 12.6. The van der Waals surface area contributed by atoms with Gasteiger partial charge < -0.3 is 9.84 Å². The third-order valence-corrected chi connectivity index (χ3v) is 4.84. The summed E-state index contributed by atoms with van der Waals surface area (Å²) in [6, 6.07) is 0. The summed E-state index contributed by atoms with van der Waals surface area (Å²) in [6.45, 7) is 7.65. The topological polar surface area (TPSA) is 47.3 Å². The lowest BCUT2D eigenvalue weighted by Crippen LogP contribution is -2.33. The molecule has 114 valence electrons. The number of hydrogen-bond acceptors (Lipinski definition) is 3. The Balaban J connectivity index is 2.13. The van der Waals surface area contributed by atoms with Crippen molar-refractivity contribution in [3.8, 4) is 0 Å². The molecule has 5 heteroatoms. The first-order valence-corrected chi connectivity index (χ1v) is 8.45. The van der Waals surface area contributed by atoms with Crippen LogP contribution in [0.3, 0.4) is 0 Å². The van der Waals surface area contributed by atoms with Crippen molar-refractivity contribution in [2.45, 2.75) is 65.2 Å². The first kappa shape index (κ1) is 16.0. The maximum Gasteiger partial charge on any atom is 0.0865 e. The summed E-state index contributed by atoms with van der Waals surface area (Å²) < 4.78 is 8.79. The average Bonchev–Trinajstić information content (AvgIpc) is 3.23. The van der Waals surface area contributed by atoms with Crippen molar-refractivity contribution < 1.29 is 9.84 Å². The predicted octanol–water partition coefficient (Wildman–Crippen LogP) is 2.95. The van der Waals surface area contributed by atoms with E-state index >= 15 is 0 Å². The Labute approximate surface area is 129 Å². The molecule has 0 spiro atoms. The van der Waals surface area contributed by atoms with E-state index in [0.717, 1.165) is 28.8 Å². The Kier molecular flexibility index (Phi) is 5.64. The van der Waals surface area contributed by atoms with Gasteiger partial charge in [-0.05, 0) is 55.0 Å². The maximum absolute atomic E-state index is 10.5. The highest BCUT2D eigenvalue weighted by molar-refractivity contribution is 9.10. The van der Waals surface area contributed by atoms with Crippen molar-refractivity contribution in [2.24, 2.45) is 5.92 Å². The third kappa shape index (κ3) is 3.43. The molecule has 0 saturated heterocycles. The molecule has 0 aromatic carbocycles. The number of nitrogens with zero attached hydrogens (tertiary/aromatic N) is 2. The molecule has 1 aromatic rings. The fourth-order valence-corrected chi connectivity index (χ4v) is 3.43. The number of aryl methyl sites for hydroxylation is 2. The minimum absolute atomic E-state index is 0.0304. The van der Waals surface area contributed by atoms with Crippen molar-refractivity contribution >= 4 is 15.9 Å². The molecule has 1 heterocycles. The van der Waals surface area contributed by atoms with Crippen LogP contribution in [0.5, 0.6) is 0 Å². The molecule has 20 heavy (non-hydrogen) atoms. The van der Waals surface area contributed by atoms with Crippen molar-refractivity contribution in [1.82, 2.24) is 9.78 Å². The standard InChI is InChI=1S/C15H25BrN2O2/c1-4-11-14(16)12(18(5-2)17-11)9-13(19)15(20-6-3)10-7-8-10/h10,13,15,19H,4-9H2,1-3H3. The van der Waals surface area contributed by atoms with Gasteiger partial charge in [0.25, 0.3) is 0 Å². The van der Waals surface area contributed by atoms with Gasteiger partial charge in [-0.1, -0.05) is 6.92 Å². The average molecular weight is 345 g/mol. The normalized spacial score (nSPS) is 18.2. The fourth-order valence-electron chi connectivity index (χ4n) is 2.71. The van der Waals surface area contributed by atoms with Gasteiger partial charge in [0.1, 0.15) is 0 Å². The molecule has 1 aliphatic rings. The smallest absolute Gasteiger partial charge is 0.0865 e. The molecular formula is C15H25BrN2O2. The first-order valence-electron chi connectivity index (χ1n) is 7.65. The molecule has 0 radical (unpaired) electrons. The fraction of sp³-hybridized carbons (Fsp3) is 0.800. The van der Waals surface area contributed by atoms with Crippen LogP contribution in [0.2, 0.25) is 0 Å². The van der Waals surface area contributed by atoms with E-state index in [9.17, 15) is 5.11 Å². The van der Waals surface area contributed by atoms with Gasteiger partial charge in [0.2, 0.25) is 0 Å². The van der Waals surface area contributed by atoms with Crippen molar-refractivity contribution in [2.75, 3.05) is 6.61 Å². The highest BCUT2D eigenvalue weighted by atomic mass is 79.9. The Bertz CT molecular complexity index is 443. The molecule has 0 aliphatic heterocycles. The summed E-state index contributed by atoms with van der Waals surface area (Å²) in [7, 11) is 0. The van der Waals surface area contributed by atoms with Crippen LogP contribution in [-0.4, -0.2) is 33.7 Å². The highest BCUT2D eigenvalue weighted by Gasteiger charge is 2.37. The number of aliphatic hydroxyl groups is 1. The second-order valence-electron chi connectivity index (χ2n) is 5.41. The molecule has 1 fully saturated rings. The molecule has 2 rings (SSSR count). The summed E-state index contributed by atoms with van der Waals surface area (Å²) in [5, 5.41) is 15.1. The van der Waals surface area contributed by atoms with E-state index in [2.05, 4.69) is 34.9 Å². The summed E-state index contributed by atoms with van der Waals surface area (Å²) in [5.74, 6) is 0.535. The highest BCUT2D eigenvalue weighted by Crippen LogP contribution is 2.37. The second kappa shape index (κ2) is 7.05. The predicted molar refractivity (Wildman–Crippen MR) is 82.8 cm³/mol. The van der Waals surface area contributed by atoms with Crippen molar-refractivity contribution in [3.05, 3.63) is 15.9 Å². The summed E-state index contributed by atoms with van der Waals surface area (Å²) >= 11 is 3.64. The minimum atomic E-state index is -0.453. The number of rotatable bonds is 8. The SMILES string of the molecule is CCOC(C(O)Cc1c(Br)c(CC)nn1CC)C1CC1. The van der Waals surface area contributed by atoms with Gasteiger partial charge >= 0.3 is 0 Å². The Morgan fingerprint density at radius 1 is 1.40 bits per heavy atom. The van der Waals surface area contributed by atoms with Crippen molar-refractivity contribution in [1.29, 1.82) is 0 Å². The zero-order valence-corrected chi connectivity index (χ0v) is 14.2. The molecule has 1 N–H and O–H groups in total. The van der Waals surface area contributed by atoms with Gasteiger partial charge in [-0.3, -0.25) is 4.68 Å². The Morgan fingerprint density at radius 3 is 2.60 bits per heavy atom. The summed E-state index contributed by atoms with van der Waals surface area (Å²) in [4.78, 5) is 0. The largest absolute Gasteiger partial charge is 0.390 e. The molecule has 2 atom stereocenters. The Hall–Kier alpha value is -0.390. The van der Waals surface area contributed by atoms with Crippen LogP contribution in [0.25, 0.3) is 0 Å². The van der Waals surface area contributed by atoms with Crippen LogP contribution in [0, 0.1) is 5.92 Å². The van der Waals surface area contributed by atoms with E-state index in [1.807, 2.05) is 11.6 Å². The van der Waals surface area contributed by atoms with Gasteiger partial charge in [-0.2, -0.15) is 5.10 Å². The molecule has 1 saturated carbocycles. The molecule has 2 unspecified atom stereocenters. The summed E-state index contributed by atoms with van der Waals surface area (Å²) in [6.07, 6.45) is 3.37. The van der Waals surface area contributed by atoms with E-state index < -0.39 is 6.10 Å². The minimum Gasteiger partial charge on any atom is -0.390 e. The van der Waals surface area contributed by atoms with Crippen LogP contribution in [0.4, 0.5) is 0 Å². The molecule has 1 aliphatic carbocycles.